The lowest BCUT2D eigenvalue weighted by atomic mass is 9.76. The molecule has 4 atom stereocenters. The molecule has 3 heteroatoms. The van der Waals surface area contributed by atoms with E-state index in [2.05, 4.69) is 37.3 Å². The maximum absolute atomic E-state index is 6.61. The third-order valence-electron chi connectivity index (χ3n) is 5.05. The predicted octanol–water partition coefficient (Wildman–Crippen LogP) is 3.42. The monoisotopic (exact) mass is 291 g/mol. The zero-order valence-corrected chi connectivity index (χ0v) is 13.1. The average Bonchev–Trinajstić information content (AvgIpc) is 2.94. The number of hydrogen-bond donors (Lipinski definition) is 1. The Morgan fingerprint density at radius 1 is 1.35 bits per heavy atom. The van der Waals surface area contributed by atoms with Gasteiger partial charge in [0.15, 0.2) is 0 Å². The van der Waals surface area contributed by atoms with Crippen LogP contribution in [0.4, 0.5) is 0 Å². The van der Waals surface area contributed by atoms with E-state index >= 15 is 0 Å². The van der Waals surface area contributed by atoms with E-state index in [1.165, 1.54) is 17.7 Å². The normalized spacial score (nSPS) is 33.2. The molecule has 0 aromatic heterocycles. The second-order valence-corrected chi connectivity index (χ2v) is 7.47. The molecule has 0 radical (unpaired) electrons. The molecule has 3 rings (SSSR count). The molecule has 0 aliphatic carbocycles. The van der Waals surface area contributed by atoms with E-state index in [1.54, 1.807) is 0 Å². The van der Waals surface area contributed by atoms with Crippen LogP contribution in [0.15, 0.2) is 30.3 Å². The van der Waals surface area contributed by atoms with Gasteiger partial charge in [0.25, 0.3) is 0 Å². The molecule has 110 valence electrons. The molecule has 1 aromatic carbocycles. The van der Waals surface area contributed by atoms with Gasteiger partial charge in [-0.2, -0.15) is 11.8 Å². The fourth-order valence-electron chi connectivity index (χ4n) is 3.64. The summed E-state index contributed by atoms with van der Waals surface area (Å²) < 4.78 is 6.12. The van der Waals surface area contributed by atoms with Crippen molar-refractivity contribution < 1.29 is 4.74 Å². The molecule has 2 fully saturated rings. The van der Waals surface area contributed by atoms with Crippen molar-refractivity contribution in [2.45, 2.75) is 43.7 Å². The quantitative estimate of drug-likeness (QED) is 0.927. The first-order chi connectivity index (χ1) is 9.70. The molecule has 2 N–H and O–H groups in total. The van der Waals surface area contributed by atoms with Crippen molar-refractivity contribution in [3.63, 3.8) is 0 Å². The summed E-state index contributed by atoms with van der Waals surface area (Å²) in [6, 6.07) is 10.9. The van der Waals surface area contributed by atoms with E-state index < -0.39 is 0 Å². The number of thioether (sulfide) groups is 1. The van der Waals surface area contributed by atoms with Crippen LogP contribution in [-0.4, -0.2) is 29.8 Å². The van der Waals surface area contributed by atoms with Gasteiger partial charge in [0.05, 0.1) is 5.60 Å². The Labute approximate surface area is 126 Å². The second kappa shape index (κ2) is 6.08. The Balaban J connectivity index is 1.68. The first kappa shape index (κ1) is 14.4. The minimum absolute atomic E-state index is 0.140. The van der Waals surface area contributed by atoms with Gasteiger partial charge in [-0.15, -0.1) is 0 Å². The molecule has 20 heavy (non-hydrogen) atoms. The highest BCUT2D eigenvalue weighted by atomic mass is 32.2. The van der Waals surface area contributed by atoms with Crippen LogP contribution in [0.3, 0.4) is 0 Å². The number of nitrogens with two attached hydrogens (primary N) is 1. The van der Waals surface area contributed by atoms with E-state index in [-0.39, 0.29) is 11.6 Å². The maximum Gasteiger partial charge on any atom is 0.0783 e. The van der Waals surface area contributed by atoms with Gasteiger partial charge in [-0.05, 0) is 42.4 Å². The Hall–Kier alpha value is -0.510. The van der Waals surface area contributed by atoms with Crippen molar-refractivity contribution in [3.05, 3.63) is 35.9 Å². The molecule has 2 aliphatic heterocycles. The number of ether oxygens (including phenoxy) is 1. The summed E-state index contributed by atoms with van der Waals surface area (Å²) in [5, 5.41) is 0. The number of benzene rings is 1. The van der Waals surface area contributed by atoms with Crippen LogP contribution in [0.25, 0.3) is 0 Å². The van der Waals surface area contributed by atoms with E-state index in [0.717, 1.165) is 25.2 Å². The third kappa shape index (κ3) is 2.90. The van der Waals surface area contributed by atoms with Crippen LogP contribution in [0.1, 0.15) is 37.7 Å². The Kier molecular flexibility index (Phi) is 4.39. The van der Waals surface area contributed by atoms with Gasteiger partial charge >= 0.3 is 0 Å². The fourth-order valence-corrected chi connectivity index (χ4v) is 5.02. The summed E-state index contributed by atoms with van der Waals surface area (Å²) in [7, 11) is 0. The van der Waals surface area contributed by atoms with E-state index in [0.29, 0.717) is 11.8 Å². The lowest BCUT2D eigenvalue weighted by Gasteiger charge is -2.41. The van der Waals surface area contributed by atoms with E-state index in [1.807, 2.05) is 11.8 Å². The summed E-state index contributed by atoms with van der Waals surface area (Å²) in [4.78, 5) is 0. The standard InChI is InChI=1S/C17H25NOS/c1-13(14-5-3-2-4-6-14)16(18)15-7-9-19-17(11-15)8-10-20-12-17/h2-6,13,15-16H,7-12,18H2,1H3. The van der Waals surface area contributed by atoms with Crippen LogP contribution >= 0.6 is 11.8 Å². The number of rotatable bonds is 3. The highest BCUT2D eigenvalue weighted by molar-refractivity contribution is 7.99. The molecule has 0 saturated carbocycles. The molecule has 0 bridgehead atoms. The summed E-state index contributed by atoms with van der Waals surface area (Å²) in [6.45, 7) is 3.16. The summed E-state index contributed by atoms with van der Waals surface area (Å²) in [6.07, 6.45) is 3.48. The van der Waals surface area contributed by atoms with Crippen LogP contribution < -0.4 is 5.73 Å². The zero-order valence-electron chi connectivity index (χ0n) is 12.3. The highest BCUT2D eigenvalue weighted by Gasteiger charge is 2.42. The Morgan fingerprint density at radius 2 is 2.15 bits per heavy atom. The molecule has 4 unspecified atom stereocenters. The molecule has 1 aromatic rings. The molecular weight excluding hydrogens is 266 g/mol. The van der Waals surface area contributed by atoms with Gasteiger partial charge in [0.2, 0.25) is 0 Å². The fraction of sp³-hybridized carbons (Fsp3) is 0.647. The van der Waals surface area contributed by atoms with Crippen LogP contribution in [0, 0.1) is 5.92 Å². The van der Waals surface area contributed by atoms with Gasteiger partial charge in [-0.25, -0.2) is 0 Å². The zero-order chi connectivity index (χ0) is 14.0. The Morgan fingerprint density at radius 3 is 2.85 bits per heavy atom. The highest BCUT2D eigenvalue weighted by Crippen LogP contribution is 2.42. The smallest absolute Gasteiger partial charge is 0.0783 e. The van der Waals surface area contributed by atoms with Gasteiger partial charge < -0.3 is 10.5 Å². The first-order valence-electron chi connectivity index (χ1n) is 7.72. The molecule has 2 nitrogen and oxygen atoms in total. The summed E-state index contributed by atoms with van der Waals surface area (Å²) in [5.74, 6) is 3.43. The predicted molar refractivity (Wildman–Crippen MR) is 86.2 cm³/mol. The lowest BCUT2D eigenvalue weighted by molar-refractivity contribution is -0.0841. The second-order valence-electron chi connectivity index (χ2n) is 6.36. The summed E-state index contributed by atoms with van der Waals surface area (Å²) >= 11 is 2.03. The SMILES string of the molecule is CC(c1ccccc1)C(N)C1CCOC2(CCSC2)C1. The van der Waals surface area contributed by atoms with Gasteiger partial charge in [-0.1, -0.05) is 37.3 Å². The molecule has 2 heterocycles. The lowest BCUT2D eigenvalue weighted by Crippen LogP contribution is -2.47. The maximum atomic E-state index is 6.61. The molecule has 1 spiro atoms. The van der Waals surface area contributed by atoms with Crippen LogP contribution in [0.5, 0.6) is 0 Å². The molecule has 2 saturated heterocycles. The van der Waals surface area contributed by atoms with Crippen molar-refractivity contribution in [2.24, 2.45) is 11.7 Å². The van der Waals surface area contributed by atoms with Crippen molar-refractivity contribution in [3.8, 4) is 0 Å². The Bertz CT molecular complexity index is 430. The van der Waals surface area contributed by atoms with Crippen LogP contribution in [0.2, 0.25) is 0 Å². The van der Waals surface area contributed by atoms with Crippen molar-refractivity contribution in [1.82, 2.24) is 0 Å². The number of hydrogen-bond acceptors (Lipinski definition) is 3. The first-order valence-corrected chi connectivity index (χ1v) is 8.88. The average molecular weight is 291 g/mol. The van der Waals surface area contributed by atoms with Gasteiger partial charge in [0, 0.05) is 18.4 Å². The minimum atomic E-state index is 0.140. The van der Waals surface area contributed by atoms with E-state index in [4.69, 9.17) is 10.5 Å². The summed E-state index contributed by atoms with van der Waals surface area (Å²) in [5.41, 5.74) is 8.12. The van der Waals surface area contributed by atoms with Gasteiger partial charge in [-0.3, -0.25) is 0 Å². The third-order valence-corrected chi connectivity index (χ3v) is 6.27. The van der Waals surface area contributed by atoms with E-state index in [9.17, 15) is 0 Å². The van der Waals surface area contributed by atoms with Crippen molar-refractivity contribution >= 4 is 11.8 Å². The van der Waals surface area contributed by atoms with Crippen molar-refractivity contribution in [1.29, 1.82) is 0 Å². The minimum Gasteiger partial charge on any atom is -0.374 e. The topological polar surface area (TPSA) is 35.2 Å². The van der Waals surface area contributed by atoms with Crippen LogP contribution in [-0.2, 0) is 4.74 Å². The molecule has 0 amide bonds. The largest absolute Gasteiger partial charge is 0.374 e. The van der Waals surface area contributed by atoms with Gasteiger partial charge in [0.1, 0.15) is 0 Å². The molecule has 2 aliphatic rings. The van der Waals surface area contributed by atoms with Crippen molar-refractivity contribution in [2.75, 3.05) is 18.1 Å². The molecular formula is C17H25NOS.